The van der Waals surface area contributed by atoms with Crippen LogP contribution in [0.15, 0.2) is 48.5 Å². The first kappa shape index (κ1) is 28.7. The fraction of sp³-hybridized carbons (Fsp3) is 0.462. The Morgan fingerprint density at radius 3 is 2.23 bits per heavy atom. The maximum atomic E-state index is 13.6. The van der Waals surface area contributed by atoms with Gasteiger partial charge in [0.15, 0.2) is 0 Å². The highest BCUT2D eigenvalue weighted by atomic mass is 35.5. The molecule has 35 heavy (non-hydrogen) atoms. The molecule has 0 fully saturated rings. The summed E-state index contributed by atoms with van der Waals surface area (Å²) in [6.45, 7) is 6.05. The van der Waals surface area contributed by atoms with Gasteiger partial charge in [0.1, 0.15) is 12.6 Å². The van der Waals surface area contributed by atoms with Crippen molar-refractivity contribution in [1.29, 1.82) is 0 Å². The zero-order valence-electron chi connectivity index (χ0n) is 21.0. The summed E-state index contributed by atoms with van der Waals surface area (Å²) in [5.74, 6) is -0.744. The third-order valence-corrected chi connectivity index (χ3v) is 7.34. The molecule has 2 aromatic rings. The summed E-state index contributed by atoms with van der Waals surface area (Å²) in [7, 11) is -3.76. The number of sulfonamides is 1. The van der Waals surface area contributed by atoms with E-state index in [0.29, 0.717) is 29.2 Å². The van der Waals surface area contributed by atoms with Gasteiger partial charge in [-0.2, -0.15) is 0 Å². The number of amides is 2. The van der Waals surface area contributed by atoms with Crippen LogP contribution >= 0.6 is 11.6 Å². The SMILES string of the molecule is CCCCNC(=O)C(CC)N(Cc1ccccc1Cl)C(=O)CN(c1ccc(CC)cc1)S(C)(=O)=O. The van der Waals surface area contributed by atoms with E-state index in [1.807, 2.05) is 39.0 Å². The number of hydrogen-bond acceptors (Lipinski definition) is 4. The minimum absolute atomic E-state index is 0.0879. The van der Waals surface area contributed by atoms with Gasteiger partial charge in [0.05, 0.1) is 11.9 Å². The summed E-state index contributed by atoms with van der Waals surface area (Å²) < 4.78 is 26.4. The van der Waals surface area contributed by atoms with Gasteiger partial charge in [0, 0.05) is 18.1 Å². The zero-order valence-corrected chi connectivity index (χ0v) is 22.5. The van der Waals surface area contributed by atoms with Crippen molar-refractivity contribution in [2.45, 2.75) is 59.0 Å². The van der Waals surface area contributed by atoms with Gasteiger partial charge >= 0.3 is 0 Å². The summed E-state index contributed by atoms with van der Waals surface area (Å²) in [5.41, 5.74) is 2.14. The number of anilines is 1. The number of rotatable bonds is 13. The molecule has 9 heteroatoms. The van der Waals surface area contributed by atoms with E-state index in [1.165, 1.54) is 4.90 Å². The summed E-state index contributed by atoms with van der Waals surface area (Å²) in [6.07, 6.45) is 4.02. The van der Waals surface area contributed by atoms with E-state index >= 15 is 0 Å². The molecule has 0 aliphatic rings. The highest BCUT2D eigenvalue weighted by Gasteiger charge is 2.32. The number of nitrogens with one attached hydrogen (secondary N) is 1. The third-order valence-electron chi connectivity index (χ3n) is 5.83. The highest BCUT2D eigenvalue weighted by Crippen LogP contribution is 2.22. The number of unbranched alkanes of at least 4 members (excludes halogenated alkanes) is 1. The number of carbonyl (C=O) groups is 2. The molecule has 1 atom stereocenters. The minimum atomic E-state index is -3.76. The maximum absolute atomic E-state index is 13.6. The Hall–Kier alpha value is -2.58. The lowest BCUT2D eigenvalue weighted by Gasteiger charge is -2.33. The summed E-state index contributed by atoms with van der Waals surface area (Å²) in [5, 5.41) is 3.37. The molecule has 0 heterocycles. The lowest BCUT2D eigenvalue weighted by Crippen LogP contribution is -2.52. The Morgan fingerprint density at radius 1 is 1.03 bits per heavy atom. The lowest BCUT2D eigenvalue weighted by atomic mass is 10.1. The van der Waals surface area contributed by atoms with E-state index in [1.54, 1.807) is 30.3 Å². The molecular weight excluding hydrogens is 486 g/mol. The van der Waals surface area contributed by atoms with Gasteiger partial charge < -0.3 is 10.2 Å². The van der Waals surface area contributed by atoms with Gasteiger partial charge in [-0.05, 0) is 48.6 Å². The molecule has 192 valence electrons. The van der Waals surface area contributed by atoms with Gasteiger partial charge in [-0.15, -0.1) is 0 Å². The molecule has 0 aliphatic heterocycles. The molecule has 2 rings (SSSR count). The van der Waals surface area contributed by atoms with E-state index in [4.69, 9.17) is 11.6 Å². The van der Waals surface area contributed by atoms with Gasteiger partial charge in [-0.25, -0.2) is 8.42 Å². The molecule has 7 nitrogen and oxygen atoms in total. The molecular formula is C26H36ClN3O4S. The fourth-order valence-electron chi connectivity index (χ4n) is 3.75. The van der Waals surface area contributed by atoms with Gasteiger partial charge in [0.25, 0.3) is 0 Å². The van der Waals surface area contributed by atoms with Crippen LogP contribution in [0.1, 0.15) is 51.2 Å². The Bertz CT molecular complexity index is 1090. The van der Waals surface area contributed by atoms with Gasteiger partial charge in [-0.3, -0.25) is 13.9 Å². The molecule has 0 bridgehead atoms. The smallest absolute Gasteiger partial charge is 0.244 e. The molecule has 0 aromatic heterocycles. The number of nitrogens with zero attached hydrogens (tertiary/aromatic N) is 2. The quantitative estimate of drug-likeness (QED) is 0.396. The monoisotopic (exact) mass is 521 g/mol. The topological polar surface area (TPSA) is 86.8 Å². The van der Waals surface area contributed by atoms with E-state index < -0.39 is 28.5 Å². The van der Waals surface area contributed by atoms with Crippen LogP contribution in [0, 0.1) is 0 Å². The van der Waals surface area contributed by atoms with Crippen LogP contribution in [0.5, 0.6) is 0 Å². The van der Waals surface area contributed by atoms with Crippen molar-refractivity contribution in [3.05, 3.63) is 64.7 Å². The van der Waals surface area contributed by atoms with Crippen LogP contribution in [0.2, 0.25) is 5.02 Å². The first-order valence-electron chi connectivity index (χ1n) is 12.0. The molecule has 0 saturated carbocycles. The van der Waals surface area contributed by atoms with Crippen molar-refractivity contribution in [1.82, 2.24) is 10.2 Å². The van der Waals surface area contributed by atoms with E-state index in [-0.39, 0.29) is 12.5 Å². The number of aryl methyl sites for hydroxylation is 1. The van der Waals surface area contributed by atoms with Gasteiger partial charge in [0.2, 0.25) is 21.8 Å². The summed E-state index contributed by atoms with van der Waals surface area (Å²) >= 11 is 6.36. The van der Waals surface area contributed by atoms with Crippen LogP contribution in [-0.4, -0.2) is 50.5 Å². The van der Waals surface area contributed by atoms with Crippen molar-refractivity contribution in [2.75, 3.05) is 23.7 Å². The number of hydrogen-bond donors (Lipinski definition) is 1. The van der Waals surface area contributed by atoms with Crippen LogP contribution in [0.3, 0.4) is 0 Å². The molecule has 0 spiro atoms. The molecule has 1 N–H and O–H groups in total. The fourth-order valence-corrected chi connectivity index (χ4v) is 4.79. The van der Waals surface area contributed by atoms with Crippen LogP contribution in [0.25, 0.3) is 0 Å². The number of benzene rings is 2. The second-order valence-corrected chi connectivity index (χ2v) is 10.8. The Morgan fingerprint density at radius 2 is 1.69 bits per heavy atom. The summed E-state index contributed by atoms with van der Waals surface area (Å²) in [4.78, 5) is 28.1. The first-order chi connectivity index (χ1) is 16.6. The van der Waals surface area contributed by atoms with Crippen LogP contribution < -0.4 is 9.62 Å². The maximum Gasteiger partial charge on any atom is 0.244 e. The van der Waals surface area contributed by atoms with Crippen LogP contribution in [0.4, 0.5) is 5.69 Å². The Balaban J connectivity index is 2.40. The lowest BCUT2D eigenvalue weighted by molar-refractivity contribution is -0.140. The molecule has 2 aromatic carbocycles. The van der Waals surface area contributed by atoms with Crippen molar-refractivity contribution in [3.63, 3.8) is 0 Å². The molecule has 2 amide bonds. The normalized spacial score (nSPS) is 12.1. The Kier molecular flexibility index (Phi) is 11.0. The van der Waals surface area contributed by atoms with Crippen LogP contribution in [-0.2, 0) is 32.6 Å². The van der Waals surface area contributed by atoms with Gasteiger partial charge in [-0.1, -0.05) is 69.1 Å². The summed E-state index contributed by atoms with van der Waals surface area (Å²) in [6, 6.07) is 13.4. The zero-order chi connectivity index (χ0) is 26.0. The predicted octanol–water partition coefficient (Wildman–Crippen LogP) is 4.39. The van der Waals surface area contributed by atoms with E-state index in [9.17, 15) is 18.0 Å². The molecule has 0 radical (unpaired) electrons. The van der Waals surface area contributed by atoms with Crippen molar-refractivity contribution >= 4 is 39.1 Å². The average Bonchev–Trinajstić information content (AvgIpc) is 2.83. The van der Waals surface area contributed by atoms with E-state index in [2.05, 4.69) is 5.32 Å². The Labute approximate surface area is 214 Å². The standard InChI is InChI=1S/C26H36ClN3O4S/c1-5-8-17-28-26(32)24(7-3)29(18-21-11-9-10-12-23(21)27)25(31)19-30(35(4,33)34)22-15-13-20(6-2)14-16-22/h9-16,24H,5-8,17-19H2,1-4H3,(H,28,32). The molecule has 0 saturated heterocycles. The number of carbonyl (C=O) groups excluding carboxylic acids is 2. The molecule has 0 aliphatic carbocycles. The van der Waals surface area contributed by atoms with E-state index in [0.717, 1.165) is 35.4 Å². The number of halogens is 1. The minimum Gasteiger partial charge on any atom is -0.354 e. The predicted molar refractivity (Wildman–Crippen MR) is 142 cm³/mol. The second-order valence-electron chi connectivity index (χ2n) is 8.47. The van der Waals surface area contributed by atoms with Crippen molar-refractivity contribution in [2.24, 2.45) is 0 Å². The second kappa shape index (κ2) is 13.5. The molecule has 1 unspecified atom stereocenters. The average molecular weight is 522 g/mol. The first-order valence-corrected chi connectivity index (χ1v) is 14.2. The van der Waals surface area contributed by atoms with Crippen molar-refractivity contribution in [3.8, 4) is 0 Å². The third kappa shape index (κ3) is 8.25. The highest BCUT2D eigenvalue weighted by molar-refractivity contribution is 7.92. The largest absolute Gasteiger partial charge is 0.354 e. The van der Waals surface area contributed by atoms with Crippen molar-refractivity contribution < 1.29 is 18.0 Å².